The number of alkyl halides is 6. The first-order valence-electron chi connectivity index (χ1n) is 6.63. The van der Waals surface area contributed by atoms with Gasteiger partial charge in [-0.3, -0.25) is 9.59 Å². The number of aliphatic hydroxyl groups excluding tert-OH is 1. The Morgan fingerprint density at radius 3 is 1.08 bits per heavy atom. The number of carboxylic acids is 1. The van der Waals surface area contributed by atoms with Crippen molar-refractivity contribution in [2.75, 3.05) is 7.11 Å². The second-order valence-electron chi connectivity index (χ2n) is 6.21. The van der Waals surface area contributed by atoms with Crippen molar-refractivity contribution in [3.05, 3.63) is 0 Å². The molecule has 0 aromatic rings. The summed E-state index contributed by atoms with van der Waals surface area (Å²) in [5.74, 6) is -1.87. The van der Waals surface area contributed by atoms with Crippen LogP contribution in [-0.4, -0.2) is 46.9 Å². The van der Waals surface area contributed by atoms with Crippen molar-refractivity contribution in [1.82, 2.24) is 0 Å². The molecule has 0 aliphatic carbocycles. The molecule has 154 valence electrons. The minimum absolute atomic E-state index is 0. The Morgan fingerprint density at radius 2 is 1.00 bits per heavy atom. The molecule has 0 radical (unpaired) electrons. The summed E-state index contributed by atoms with van der Waals surface area (Å²) in [6.45, 7) is 5.85. The fourth-order valence-electron chi connectivity index (χ4n) is 1.20. The summed E-state index contributed by atoms with van der Waals surface area (Å²) in [7, 11) is 1.00. The van der Waals surface area contributed by atoms with E-state index in [1.165, 1.54) is 20.8 Å². The van der Waals surface area contributed by atoms with Crippen LogP contribution in [0.2, 0.25) is 0 Å². The first-order valence-corrected chi connectivity index (χ1v) is 6.63. The number of Topliss-reactive ketones (excluding diaryl/α,β-unsaturated/α-hetero) is 1. The van der Waals surface area contributed by atoms with Crippen LogP contribution in [0, 0.1) is 10.8 Å². The van der Waals surface area contributed by atoms with Crippen molar-refractivity contribution in [3.63, 3.8) is 0 Å². The Labute approximate surface area is 160 Å². The van der Waals surface area contributed by atoms with E-state index in [0.717, 1.165) is 21.0 Å². The number of rotatable bonds is 4. The maximum Gasteiger partial charge on any atom is 1.00 e. The van der Waals surface area contributed by atoms with Gasteiger partial charge in [0.25, 0.3) is 0 Å². The van der Waals surface area contributed by atoms with Crippen LogP contribution in [0.5, 0.6) is 0 Å². The Kier molecular flexibility index (Phi) is 18.7. The van der Waals surface area contributed by atoms with Gasteiger partial charge in [0.1, 0.15) is 5.78 Å². The van der Waals surface area contributed by atoms with Crippen molar-refractivity contribution in [1.29, 1.82) is 0 Å². The Balaban J connectivity index is -0.0000000962. The van der Waals surface area contributed by atoms with Gasteiger partial charge >= 0.3 is 37.2 Å². The number of carbonyl (C=O) groups excluding carboxylic acids is 1. The topological polar surface area (TPSA) is 105 Å². The molecular formula is C14H25F6LiO5. The standard InChI is InChI=1S/C7H11F3O.C6H9F3O2.CH4O.Li.H2O/c1-5(11)6(2,3)4-7(8,9)10;1-5(2,4(10)11)3-6(7,8)9;1-2;;/h4H2,1-3H3;3H2,1-2H3,(H,10,11);2H,1H3;;1H2/q;;;+1;/p-1. The van der Waals surface area contributed by atoms with E-state index in [1.54, 1.807) is 0 Å². The molecule has 0 amide bonds. The van der Waals surface area contributed by atoms with Gasteiger partial charge < -0.3 is 15.7 Å². The van der Waals surface area contributed by atoms with Gasteiger partial charge in [-0.1, -0.05) is 13.8 Å². The molecule has 0 aromatic carbocycles. The number of halogens is 6. The summed E-state index contributed by atoms with van der Waals surface area (Å²) >= 11 is 0. The molecule has 0 saturated carbocycles. The average molecular weight is 394 g/mol. The maximum absolute atomic E-state index is 11.8. The van der Waals surface area contributed by atoms with Crippen molar-refractivity contribution in [2.45, 2.75) is 59.8 Å². The molecule has 0 aromatic heterocycles. The van der Waals surface area contributed by atoms with E-state index in [9.17, 15) is 35.9 Å². The summed E-state index contributed by atoms with van der Waals surface area (Å²) in [4.78, 5) is 20.8. The van der Waals surface area contributed by atoms with E-state index >= 15 is 0 Å². The first kappa shape index (κ1) is 36.2. The van der Waals surface area contributed by atoms with Crippen molar-refractivity contribution in [3.8, 4) is 0 Å². The molecule has 0 aliphatic rings. The molecule has 0 atom stereocenters. The van der Waals surface area contributed by atoms with Crippen LogP contribution in [0.4, 0.5) is 26.3 Å². The third-order valence-corrected chi connectivity index (χ3v) is 2.82. The Morgan fingerprint density at radius 1 is 0.769 bits per heavy atom. The van der Waals surface area contributed by atoms with Crippen LogP contribution in [0.3, 0.4) is 0 Å². The molecule has 0 spiro atoms. The monoisotopic (exact) mass is 394 g/mol. The first-order chi connectivity index (χ1) is 10.3. The van der Waals surface area contributed by atoms with Crippen molar-refractivity contribution >= 4 is 11.8 Å². The quantitative estimate of drug-likeness (QED) is 0.548. The van der Waals surface area contributed by atoms with Gasteiger partial charge in [0.15, 0.2) is 0 Å². The van der Waals surface area contributed by atoms with E-state index in [-0.39, 0.29) is 24.3 Å². The molecule has 0 saturated heterocycles. The SMILES string of the molecule is CC(=O)C(C)(C)CC(F)(F)F.CC(C)(CC(F)(F)F)C(=O)O.CO.[Li+].[OH-]. The van der Waals surface area contributed by atoms with E-state index in [1.807, 2.05) is 0 Å². The zero-order valence-corrected chi connectivity index (χ0v) is 15.8. The number of hydrogen-bond acceptors (Lipinski definition) is 4. The van der Waals surface area contributed by atoms with Crippen LogP contribution in [0.1, 0.15) is 47.5 Å². The number of ketones is 1. The molecule has 3 N–H and O–H groups in total. The molecule has 0 unspecified atom stereocenters. The van der Waals surface area contributed by atoms with Crippen LogP contribution in [0.15, 0.2) is 0 Å². The van der Waals surface area contributed by atoms with Gasteiger partial charge in [0.2, 0.25) is 0 Å². The molecule has 0 heterocycles. The molecule has 12 heteroatoms. The summed E-state index contributed by atoms with van der Waals surface area (Å²) in [5.41, 5.74) is -3.00. The zero-order valence-electron chi connectivity index (χ0n) is 15.8. The van der Waals surface area contributed by atoms with Gasteiger partial charge in [-0.2, -0.15) is 26.3 Å². The third-order valence-electron chi connectivity index (χ3n) is 2.82. The summed E-state index contributed by atoms with van der Waals surface area (Å²) < 4.78 is 70.2. The second kappa shape index (κ2) is 13.4. The summed E-state index contributed by atoms with van der Waals surface area (Å²) in [5, 5.41) is 15.3. The van der Waals surface area contributed by atoms with Crippen LogP contribution in [0.25, 0.3) is 0 Å². The summed E-state index contributed by atoms with van der Waals surface area (Å²) in [6, 6.07) is 0. The van der Waals surface area contributed by atoms with Gasteiger partial charge in [-0.15, -0.1) is 0 Å². The zero-order chi connectivity index (χ0) is 20.6. The minimum atomic E-state index is -4.41. The smallest absolute Gasteiger partial charge is 0.870 e. The molecule has 26 heavy (non-hydrogen) atoms. The number of aliphatic carboxylic acids is 1. The fraction of sp³-hybridized carbons (Fsp3) is 0.857. The number of hydrogen-bond donors (Lipinski definition) is 2. The third kappa shape index (κ3) is 21.3. The molecule has 0 bridgehead atoms. The van der Waals surface area contributed by atoms with E-state index < -0.39 is 47.8 Å². The largest absolute Gasteiger partial charge is 1.00 e. The molecular weight excluding hydrogens is 369 g/mol. The van der Waals surface area contributed by atoms with Crippen molar-refractivity contribution < 1.29 is 70.5 Å². The van der Waals surface area contributed by atoms with Crippen LogP contribution >= 0.6 is 0 Å². The van der Waals surface area contributed by atoms with Gasteiger partial charge in [-0.05, 0) is 20.8 Å². The Hall–Kier alpha value is -0.763. The Bertz CT molecular complexity index is 368. The fourth-order valence-corrected chi connectivity index (χ4v) is 1.20. The van der Waals surface area contributed by atoms with E-state index in [0.29, 0.717) is 0 Å². The van der Waals surface area contributed by atoms with Crippen LogP contribution < -0.4 is 18.9 Å². The normalized spacial score (nSPS) is 11.4. The molecule has 0 aliphatic heterocycles. The maximum atomic E-state index is 11.8. The predicted octanol–water partition coefficient (Wildman–Crippen LogP) is 1.04. The van der Waals surface area contributed by atoms with Gasteiger partial charge in [0, 0.05) is 12.5 Å². The van der Waals surface area contributed by atoms with Crippen molar-refractivity contribution in [2.24, 2.45) is 10.8 Å². The van der Waals surface area contributed by atoms with E-state index in [4.69, 9.17) is 10.2 Å². The second-order valence-corrected chi connectivity index (χ2v) is 6.21. The molecule has 0 rings (SSSR count). The molecule has 0 fully saturated rings. The van der Waals surface area contributed by atoms with E-state index in [2.05, 4.69) is 0 Å². The molecule has 5 nitrogen and oxygen atoms in total. The minimum Gasteiger partial charge on any atom is -0.870 e. The van der Waals surface area contributed by atoms with Crippen LogP contribution in [-0.2, 0) is 9.59 Å². The summed E-state index contributed by atoms with van der Waals surface area (Å²) in [6.07, 6.45) is -11.0. The predicted molar refractivity (Wildman–Crippen MR) is 77.3 cm³/mol. The van der Waals surface area contributed by atoms with Gasteiger partial charge in [0.05, 0.1) is 18.3 Å². The van der Waals surface area contributed by atoms with Gasteiger partial charge in [-0.25, -0.2) is 0 Å². The number of aliphatic hydroxyl groups is 1. The average Bonchev–Trinajstić information content (AvgIpc) is 2.25. The number of carboxylic acid groups (broad SMARTS) is 1. The number of carbonyl (C=O) groups is 2.